The molecule has 20 heavy (non-hydrogen) atoms. The number of alkyl halides is 3. The molecule has 3 atom stereocenters. The fourth-order valence-electron chi connectivity index (χ4n) is 3.68. The molecule has 114 valence electrons. The van der Waals surface area contributed by atoms with Gasteiger partial charge in [-0.25, -0.2) is 0 Å². The Morgan fingerprint density at radius 3 is 2.45 bits per heavy atom. The average molecular weight is 290 g/mol. The molecule has 0 spiro atoms. The Kier molecular flexibility index (Phi) is 3.69. The number of nitrogens with zero attached hydrogens (tertiary/aromatic N) is 1. The van der Waals surface area contributed by atoms with E-state index in [4.69, 9.17) is 0 Å². The summed E-state index contributed by atoms with van der Waals surface area (Å²) in [5.74, 6) is 0.142. The maximum Gasteiger partial charge on any atom is 0.406 e. The minimum Gasteiger partial charge on any atom is -0.329 e. The Morgan fingerprint density at radius 2 is 1.85 bits per heavy atom. The predicted octanol–water partition coefficient (Wildman–Crippen LogP) is 2.46. The zero-order valence-corrected chi connectivity index (χ0v) is 11.5. The molecule has 3 unspecified atom stereocenters. The molecule has 2 aliphatic carbocycles. The lowest BCUT2D eigenvalue weighted by atomic mass is 9.85. The summed E-state index contributed by atoms with van der Waals surface area (Å²) in [7, 11) is 0. The molecule has 3 aliphatic rings. The average Bonchev–Trinajstić information content (AvgIpc) is 3.12. The van der Waals surface area contributed by atoms with Gasteiger partial charge in [0.1, 0.15) is 6.54 Å². The van der Waals surface area contributed by atoms with Gasteiger partial charge in [-0.15, -0.1) is 0 Å². The van der Waals surface area contributed by atoms with Crippen LogP contribution in [0.1, 0.15) is 44.9 Å². The van der Waals surface area contributed by atoms with E-state index in [2.05, 4.69) is 5.32 Å². The van der Waals surface area contributed by atoms with Crippen molar-refractivity contribution in [1.82, 2.24) is 10.2 Å². The first-order chi connectivity index (χ1) is 9.44. The van der Waals surface area contributed by atoms with Crippen LogP contribution in [0, 0.1) is 5.92 Å². The number of carbonyl (C=O) groups excluding carboxylic acids is 1. The van der Waals surface area contributed by atoms with Crippen molar-refractivity contribution in [1.29, 1.82) is 0 Å². The first-order valence-electron chi connectivity index (χ1n) is 7.57. The smallest absolute Gasteiger partial charge is 0.329 e. The van der Waals surface area contributed by atoms with Crippen LogP contribution in [0.25, 0.3) is 0 Å². The van der Waals surface area contributed by atoms with Crippen LogP contribution in [0.4, 0.5) is 13.2 Å². The highest BCUT2D eigenvalue weighted by molar-refractivity contribution is 5.83. The fraction of sp³-hybridized carbons (Fsp3) is 0.929. The highest BCUT2D eigenvalue weighted by atomic mass is 19.4. The fourth-order valence-corrected chi connectivity index (χ4v) is 3.68. The monoisotopic (exact) mass is 290 g/mol. The van der Waals surface area contributed by atoms with Crippen LogP contribution < -0.4 is 5.32 Å². The third kappa shape index (κ3) is 3.10. The zero-order chi connectivity index (χ0) is 14.3. The summed E-state index contributed by atoms with van der Waals surface area (Å²) < 4.78 is 37.9. The molecular formula is C14H21F3N2O. The summed E-state index contributed by atoms with van der Waals surface area (Å²) >= 11 is 0. The van der Waals surface area contributed by atoms with Gasteiger partial charge in [0, 0.05) is 12.1 Å². The van der Waals surface area contributed by atoms with Crippen molar-refractivity contribution < 1.29 is 18.0 Å². The molecule has 1 aliphatic heterocycles. The third-order valence-electron chi connectivity index (χ3n) is 4.78. The summed E-state index contributed by atoms with van der Waals surface area (Å²) in [6, 6.07) is -0.246. The second kappa shape index (κ2) is 5.20. The first kappa shape index (κ1) is 14.2. The van der Waals surface area contributed by atoms with Gasteiger partial charge in [0.25, 0.3) is 0 Å². The number of halogens is 3. The Morgan fingerprint density at radius 1 is 1.15 bits per heavy atom. The summed E-state index contributed by atoms with van der Waals surface area (Å²) in [6.45, 7) is -1.09. The molecule has 1 heterocycles. The van der Waals surface area contributed by atoms with E-state index in [-0.39, 0.29) is 11.9 Å². The van der Waals surface area contributed by atoms with Crippen LogP contribution in [0.5, 0.6) is 0 Å². The van der Waals surface area contributed by atoms with Gasteiger partial charge in [0.2, 0.25) is 5.91 Å². The molecule has 3 rings (SSSR count). The van der Waals surface area contributed by atoms with E-state index in [0.29, 0.717) is 31.2 Å². The van der Waals surface area contributed by atoms with Crippen molar-refractivity contribution >= 4 is 5.91 Å². The molecule has 0 aromatic rings. The van der Waals surface area contributed by atoms with Gasteiger partial charge >= 0.3 is 6.18 Å². The summed E-state index contributed by atoms with van der Waals surface area (Å²) in [5, 5.41) is 3.28. The Labute approximate surface area is 116 Å². The highest BCUT2D eigenvalue weighted by Crippen LogP contribution is 2.36. The molecule has 0 bridgehead atoms. The summed E-state index contributed by atoms with van der Waals surface area (Å²) in [6.07, 6.45) is 2.32. The quantitative estimate of drug-likeness (QED) is 0.866. The van der Waals surface area contributed by atoms with Crippen LogP contribution in [-0.2, 0) is 4.79 Å². The van der Waals surface area contributed by atoms with E-state index in [9.17, 15) is 18.0 Å². The van der Waals surface area contributed by atoms with Crippen LogP contribution in [0.3, 0.4) is 0 Å². The van der Waals surface area contributed by atoms with Crippen molar-refractivity contribution in [2.45, 2.75) is 69.2 Å². The summed E-state index contributed by atoms with van der Waals surface area (Å²) in [4.78, 5) is 13.5. The largest absolute Gasteiger partial charge is 0.406 e. The number of amides is 1. The van der Waals surface area contributed by atoms with Crippen LogP contribution in [-0.4, -0.2) is 41.7 Å². The van der Waals surface area contributed by atoms with E-state index in [1.807, 2.05) is 0 Å². The van der Waals surface area contributed by atoms with E-state index in [0.717, 1.165) is 24.2 Å². The molecule has 1 N–H and O–H groups in total. The minimum atomic E-state index is -4.30. The number of hydrogen-bond donors (Lipinski definition) is 1. The molecule has 6 heteroatoms. The molecule has 0 radical (unpaired) electrons. The van der Waals surface area contributed by atoms with Crippen LogP contribution >= 0.6 is 0 Å². The molecule has 3 fully saturated rings. The molecule has 0 aromatic heterocycles. The van der Waals surface area contributed by atoms with Crippen LogP contribution in [0.15, 0.2) is 0 Å². The molecule has 1 saturated heterocycles. The molecule has 0 aromatic carbocycles. The normalized spacial score (nSPS) is 33.9. The van der Waals surface area contributed by atoms with E-state index >= 15 is 0 Å². The van der Waals surface area contributed by atoms with Gasteiger partial charge in [-0.1, -0.05) is 12.8 Å². The number of rotatable bonds is 3. The van der Waals surface area contributed by atoms with Gasteiger partial charge in [-0.2, -0.15) is 13.2 Å². The Balaban J connectivity index is 1.64. The maximum absolute atomic E-state index is 12.6. The lowest BCUT2D eigenvalue weighted by molar-refractivity contribution is -0.163. The third-order valence-corrected chi connectivity index (χ3v) is 4.78. The first-order valence-corrected chi connectivity index (χ1v) is 7.57. The van der Waals surface area contributed by atoms with E-state index in [1.54, 1.807) is 0 Å². The summed E-state index contributed by atoms with van der Waals surface area (Å²) in [5.41, 5.74) is 0. The Hall–Kier alpha value is -0.780. The number of nitrogens with one attached hydrogen (secondary N) is 1. The SMILES string of the molecule is O=C(C1CC2CCCCC2N1)N(CC(F)(F)F)C1CC1. The van der Waals surface area contributed by atoms with Crippen molar-refractivity contribution in [2.24, 2.45) is 5.92 Å². The number of fused-ring (bicyclic) bond motifs is 1. The van der Waals surface area contributed by atoms with Crippen molar-refractivity contribution in [2.75, 3.05) is 6.54 Å². The lowest BCUT2D eigenvalue weighted by Crippen LogP contribution is -2.49. The highest BCUT2D eigenvalue weighted by Gasteiger charge is 2.45. The van der Waals surface area contributed by atoms with Gasteiger partial charge in [-0.3, -0.25) is 4.79 Å². The van der Waals surface area contributed by atoms with E-state index in [1.165, 1.54) is 6.42 Å². The Bertz CT molecular complexity index is 367. The second-order valence-corrected chi connectivity index (χ2v) is 6.42. The standard InChI is InChI=1S/C14H21F3N2O/c15-14(16,17)8-19(10-5-6-10)13(20)12-7-9-3-1-2-4-11(9)18-12/h9-12,18H,1-8H2. The van der Waals surface area contributed by atoms with Crippen molar-refractivity contribution in [3.05, 3.63) is 0 Å². The predicted molar refractivity (Wildman–Crippen MR) is 68.1 cm³/mol. The molecule has 2 saturated carbocycles. The van der Waals surface area contributed by atoms with Crippen molar-refractivity contribution in [3.8, 4) is 0 Å². The zero-order valence-electron chi connectivity index (χ0n) is 11.5. The van der Waals surface area contributed by atoms with Gasteiger partial charge in [0.15, 0.2) is 0 Å². The second-order valence-electron chi connectivity index (χ2n) is 6.42. The van der Waals surface area contributed by atoms with Crippen molar-refractivity contribution in [3.63, 3.8) is 0 Å². The topological polar surface area (TPSA) is 32.3 Å². The van der Waals surface area contributed by atoms with Gasteiger partial charge in [-0.05, 0) is 38.0 Å². The number of hydrogen-bond acceptors (Lipinski definition) is 2. The van der Waals surface area contributed by atoms with Gasteiger partial charge in [0.05, 0.1) is 6.04 Å². The molecule has 3 nitrogen and oxygen atoms in total. The van der Waals surface area contributed by atoms with Gasteiger partial charge < -0.3 is 10.2 Å². The maximum atomic E-state index is 12.6. The van der Waals surface area contributed by atoms with Crippen LogP contribution in [0.2, 0.25) is 0 Å². The molecule has 1 amide bonds. The minimum absolute atomic E-state index is 0.187. The van der Waals surface area contributed by atoms with E-state index < -0.39 is 18.8 Å². The number of carbonyl (C=O) groups is 1. The lowest BCUT2D eigenvalue weighted by Gasteiger charge is -2.27. The molecular weight excluding hydrogens is 269 g/mol.